The Morgan fingerprint density at radius 3 is 2.58 bits per heavy atom. The quantitative estimate of drug-likeness (QED) is 0.591. The molecule has 0 bridgehead atoms. The van der Waals surface area contributed by atoms with Gasteiger partial charge in [-0.25, -0.2) is 13.8 Å². The first-order valence-electron chi connectivity index (χ1n) is 7.62. The van der Waals surface area contributed by atoms with Gasteiger partial charge in [-0.15, -0.1) is 0 Å². The van der Waals surface area contributed by atoms with Crippen molar-refractivity contribution in [3.05, 3.63) is 71.1 Å². The monoisotopic (exact) mass is 372 g/mol. The molecule has 0 fully saturated rings. The van der Waals surface area contributed by atoms with Crippen LogP contribution >= 0.6 is 11.6 Å². The van der Waals surface area contributed by atoms with Crippen molar-refractivity contribution in [2.24, 2.45) is 0 Å². The molecule has 1 N–H and O–H groups in total. The number of aromatic nitrogens is 5. The van der Waals surface area contributed by atoms with Gasteiger partial charge in [0.25, 0.3) is 0 Å². The van der Waals surface area contributed by atoms with E-state index in [0.717, 1.165) is 17.7 Å². The highest BCUT2D eigenvalue weighted by atomic mass is 35.5. The smallest absolute Gasteiger partial charge is 0.228 e. The highest BCUT2D eigenvalue weighted by Crippen LogP contribution is 2.26. The van der Waals surface area contributed by atoms with Crippen LogP contribution in [0.4, 0.5) is 14.7 Å². The third-order valence-electron chi connectivity index (χ3n) is 3.68. The Bertz CT molecular complexity index is 1060. The van der Waals surface area contributed by atoms with Crippen LogP contribution in [0.3, 0.4) is 0 Å². The first kappa shape index (κ1) is 16.3. The molecule has 0 unspecified atom stereocenters. The van der Waals surface area contributed by atoms with Crippen LogP contribution in [-0.2, 0) is 6.54 Å². The second-order valence-corrected chi connectivity index (χ2v) is 5.82. The van der Waals surface area contributed by atoms with Gasteiger partial charge in [0, 0.05) is 18.9 Å². The van der Waals surface area contributed by atoms with Gasteiger partial charge in [0.1, 0.15) is 16.7 Å². The molecule has 4 aromatic rings. The Labute approximate surface area is 151 Å². The number of nitrogens with zero attached hydrogens (tertiary/aromatic N) is 5. The highest BCUT2D eigenvalue weighted by molar-refractivity contribution is 6.33. The van der Waals surface area contributed by atoms with Crippen LogP contribution < -0.4 is 5.32 Å². The predicted molar refractivity (Wildman–Crippen MR) is 92.7 cm³/mol. The lowest BCUT2D eigenvalue weighted by Crippen LogP contribution is -2.10. The Balaban J connectivity index is 1.82. The van der Waals surface area contributed by atoms with Crippen LogP contribution in [0.2, 0.25) is 5.02 Å². The maximum Gasteiger partial charge on any atom is 0.228 e. The van der Waals surface area contributed by atoms with E-state index in [-0.39, 0.29) is 28.0 Å². The molecule has 6 nitrogen and oxygen atoms in total. The minimum Gasteiger partial charge on any atom is -0.350 e. The molecule has 26 heavy (non-hydrogen) atoms. The van der Waals surface area contributed by atoms with Crippen LogP contribution in [0, 0.1) is 11.6 Å². The molecular weight excluding hydrogens is 362 g/mol. The first-order valence-corrected chi connectivity index (χ1v) is 7.99. The molecule has 0 aliphatic rings. The van der Waals surface area contributed by atoms with Gasteiger partial charge < -0.3 is 5.32 Å². The number of hydrogen-bond acceptors (Lipinski definition) is 5. The maximum atomic E-state index is 14.1. The molecule has 130 valence electrons. The fourth-order valence-electron chi connectivity index (χ4n) is 2.47. The number of fused-ring (bicyclic) bond motifs is 1. The number of anilines is 1. The molecule has 3 aromatic heterocycles. The van der Waals surface area contributed by atoms with E-state index in [0.29, 0.717) is 6.54 Å². The third kappa shape index (κ3) is 2.95. The Morgan fingerprint density at radius 1 is 1.04 bits per heavy atom. The summed E-state index contributed by atoms with van der Waals surface area (Å²) >= 11 is 6.10. The molecular formula is C17H11ClF2N6. The normalized spacial score (nSPS) is 11.0. The van der Waals surface area contributed by atoms with Gasteiger partial charge in [-0.3, -0.25) is 4.98 Å². The van der Waals surface area contributed by atoms with Gasteiger partial charge in [-0.2, -0.15) is 14.6 Å². The summed E-state index contributed by atoms with van der Waals surface area (Å²) in [5.41, 5.74) is 0.820. The summed E-state index contributed by atoms with van der Waals surface area (Å²) in [4.78, 5) is 12.4. The lowest BCUT2D eigenvalue weighted by Gasteiger charge is -2.10. The molecule has 1 aromatic carbocycles. The van der Waals surface area contributed by atoms with Crippen molar-refractivity contribution >= 4 is 23.2 Å². The predicted octanol–water partition coefficient (Wildman–Crippen LogP) is 3.73. The fourth-order valence-corrected chi connectivity index (χ4v) is 2.64. The van der Waals surface area contributed by atoms with Gasteiger partial charge in [0.05, 0.1) is 11.8 Å². The number of nitrogens with one attached hydrogen (secondary N) is 1. The van der Waals surface area contributed by atoms with Crippen LogP contribution in [0.15, 0.2) is 48.9 Å². The SMILES string of the molecule is Fc1cccc(F)c1-c1nc(NCc2cccnc2)n2ncc(Cl)c2n1. The minimum atomic E-state index is -0.761. The Morgan fingerprint density at radius 2 is 1.85 bits per heavy atom. The number of pyridine rings is 1. The Hall–Kier alpha value is -3.13. The summed E-state index contributed by atoms with van der Waals surface area (Å²) in [6.45, 7) is 0.386. The Kier molecular flexibility index (Phi) is 4.18. The molecule has 0 saturated heterocycles. The molecule has 0 aliphatic heterocycles. The highest BCUT2D eigenvalue weighted by Gasteiger charge is 2.18. The number of rotatable bonds is 4. The van der Waals surface area contributed by atoms with Gasteiger partial charge in [0.15, 0.2) is 11.5 Å². The molecule has 4 rings (SSSR count). The summed E-state index contributed by atoms with van der Waals surface area (Å²) in [6.07, 6.45) is 4.75. The molecule has 0 amide bonds. The topological polar surface area (TPSA) is 68.0 Å². The van der Waals surface area contributed by atoms with E-state index in [2.05, 4.69) is 25.4 Å². The van der Waals surface area contributed by atoms with Crippen molar-refractivity contribution in [1.82, 2.24) is 24.6 Å². The van der Waals surface area contributed by atoms with Crippen molar-refractivity contribution in [1.29, 1.82) is 0 Å². The van der Waals surface area contributed by atoms with E-state index >= 15 is 0 Å². The molecule has 0 spiro atoms. The molecule has 0 atom stereocenters. The zero-order chi connectivity index (χ0) is 18.1. The zero-order valence-corrected chi connectivity index (χ0v) is 14.0. The second-order valence-electron chi connectivity index (χ2n) is 5.41. The average molecular weight is 373 g/mol. The van der Waals surface area contributed by atoms with E-state index in [1.165, 1.54) is 16.8 Å². The van der Waals surface area contributed by atoms with Crippen molar-refractivity contribution < 1.29 is 8.78 Å². The lowest BCUT2D eigenvalue weighted by molar-refractivity contribution is 0.587. The van der Waals surface area contributed by atoms with E-state index in [9.17, 15) is 8.78 Å². The van der Waals surface area contributed by atoms with Crippen molar-refractivity contribution in [3.8, 4) is 11.4 Å². The fraction of sp³-hybridized carbons (Fsp3) is 0.0588. The number of halogens is 3. The van der Waals surface area contributed by atoms with Crippen LogP contribution in [0.25, 0.3) is 17.0 Å². The maximum absolute atomic E-state index is 14.1. The van der Waals surface area contributed by atoms with E-state index < -0.39 is 11.6 Å². The summed E-state index contributed by atoms with van der Waals surface area (Å²) < 4.78 is 29.7. The summed E-state index contributed by atoms with van der Waals surface area (Å²) in [7, 11) is 0. The summed E-state index contributed by atoms with van der Waals surface area (Å²) in [5, 5.41) is 7.42. The molecule has 9 heteroatoms. The lowest BCUT2D eigenvalue weighted by atomic mass is 10.2. The minimum absolute atomic E-state index is 0.121. The third-order valence-corrected chi connectivity index (χ3v) is 3.95. The number of hydrogen-bond donors (Lipinski definition) is 1. The van der Waals surface area contributed by atoms with Gasteiger partial charge >= 0.3 is 0 Å². The van der Waals surface area contributed by atoms with Gasteiger partial charge in [-0.1, -0.05) is 23.7 Å². The number of benzene rings is 1. The van der Waals surface area contributed by atoms with Gasteiger partial charge in [0.2, 0.25) is 5.95 Å². The summed E-state index contributed by atoms with van der Waals surface area (Å²) in [5.74, 6) is -1.39. The van der Waals surface area contributed by atoms with Crippen LogP contribution in [0.5, 0.6) is 0 Å². The van der Waals surface area contributed by atoms with Crippen molar-refractivity contribution in [3.63, 3.8) is 0 Å². The van der Waals surface area contributed by atoms with Crippen LogP contribution in [-0.4, -0.2) is 24.6 Å². The van der Waals surface area contributed by atoms with Crippen molar-refractivity contribution in [2.75, 3.05) is 5.32 Å². The van der Waals surface area contributed by atoms with Crippen molar-refractivity contribution in [2.45, 2.75) is 6.54 Å². The van der Waals surface area contributed by atoms with Gasteiger partial charge in [-0.05, 0) is 23.8 Å². The molecule has 0 saturated carbocycles. The van der Waals surface area contributed by atoms with E-state index in [1.807, 2.05) is 6.07 Å². The average Bonchev–Trinajstić information content (AvgIpc) is 3.02. The molecule has 0 radical (unpaired) electrons. The molecule has 0 aliphatic carbocycles. The largest absolute Gasteiger partial charge is 0.350 e. The molecule has 3 heterocycles. The van der Waals surface area contributed by atoms with E-state index in [4.69, 9.17) is 11.6 Å². The zero-order valence-electron chi connectivity index (χ0n) is 13.2. The van der Waals surface area contributed by atoms with Crippen LogP contribution in [0.1, 0.15) is 5.56 Å². The first-order chi connectivity index (χ1) is 12.6. The standard InChI is InChI=1S/C17H11ClF2N6/c18-11-9-23-26-16(11)24-15(14-12(19)4-1-5-13(14)20)25-17(26)22-8-10-3-2-6-21-7-10/h1-7,9H,8H2,(H,22,24,25). The van der Waals surface area contributed by atoms with E-state index in [1.54, 1.807) is 18.5 Å². The second kappa shape index (κ2) is 6.64. The summed E-state index contributed by atoms with van der Waals surface area (Å²) in [6, 6.07) is 7.25.